The monoisotopic (exact) mass is 349 g/mol. The van der Waals surface area contributed by atoms with E-state index < -0.39 is 15.9 Å². The standard InChI is InChI=1S/C13H23N3O4S2/c1-3-14-13(15-6-7-20-2)16-9-11(17)10-22(18,19)12-5-4-8-21-12/h4-5,8,11,17H,3,6-7,9-10H2,1-2H3,(H2,14,15,16). The zero-order valence-electron chi connectivity index (χ0n) is 12.8. The van der Waals surface area contributed by atoms with Gasteiger partial charge < -0.3 is 20.5 Å². The molecule has 1 heterocycles. The van der Waals surface area contributed by atoms with Gasteiger partial charge in [0.25, 0.3) is 0 Å². The Bertz CT molecular complexity index is 544. The highest BCUT2D eigenvalue weighted by Crippen LogP contribution is 2.18. The molecular formula is C13H23N3O4S2. The van der Waals surface area contributed by atoms with E-state index in [2.05, 4.69) is 15.6 Å². The van der Waals surface area contributed by atoms with Crippen molar-refractivity contribution in [2.75, 3.05) is 39.1 Å². The Balaban J connectivity index is 2.54. The van der Waals surface area contributed by atoms with Crippen LogP contribution in [0.25, 0.3) is 0 Å². The molecular weight excluding hydrogens is 326 g/mol. The average molecular weight is 349 g/mol. The van der Waals surface area contributed by atoms with Gasteiger partial charge in [0.1, 0.15) is 4.21 Å². The van der Waals surface area contributed by atoms with E-state index in [1.54, 1.807) is 18.6 Å². The lowest BCUT2D eigenvalue weighted by molar-refractivity contribution is 0.202. The van der Waals surface area contributed by atoms with Gasteiger partial charge in [0.2, 0.25) is 0 Å². The van der Waals surface area contributed by atoms with E-state index in [0.29, 0.717) is 25.7 Å². The molecule has 1 aromatic heterocycles. The van der Waals surface area contributed by atoms with Gasteiger partial charge in [-0.05, 0) is 18.4 Å². The van der Waals surface area contributed by atoms with Crippen LogP contribution in [-0.4, -0.2) is 64.7 Å². The van der Waals surface area contributed by atoms with Gasteiger partial charge in [0, 0.05) is 20.2 Å². The highest BCUT2D eigenvalue weighted by molar-refractivity contribution is 7.93. The minimum atomic E-state index is -3.46. The number of nitrogens with zero attached hydrogens (tertiary/aromatic N) is 1. The van der Waals surface area contributed by atoms with Crippen molar-refractivity contribution in [2.45, 2.75) is 17.2 Å². The molecule has 9 heteroatoms. The van der Waals surface area contributed by atoms with Crippen LogP contribution in [0, 0.1) is 0 Å². The number of aliphatic hydroxyl groups excluding tert-OH is 1. The van der Waals surface area contributed by atoms with E-state index in [0.717, 1.165) is 11.3 Å². The largest absolute Gasteiger partial charge is 0.390 e. The Morgan fingerprint density at radius 2 is 2.27 bits per heavy atom. The first-order valence-corrected chi connectivity index (χ1v) is 9.48. The Morgan fingerprint density at radius 3 is 2.86 bits per heavy atom. The summed E-state index contributed by atoms with van der Waals surface area (Å²) >= 11 is 1.14. The Hall–Kier alpha value is -1.16. The highest BCUT2D eigenvalue weighted by Gasteiger charge is 2.20. The summed E-state index contributed by atoms with van der Waals surface area (Å²) in [4.78, 5) is 4.18. The number of methoxy groups -OCH3 is 1. The van der Waals surface area contributed by atoms with Crippen LogP contribution in [0.5, 0.6) is 0 Å². The molecule has 0 aliphatic heterocycles. The second-order valence-corrected chi connectivity index (χ2v) is 7.72. The van der Waals surface area contributed by atoms with Crippen molar-refractivity contribution in [3.8, 4) is 0 Å². The van der Waals surface area contributed by atoms with Crippen molar-refractivity contribution in [3.63, 3.8) is 0 Å². The van der Waals surface area contributed by atoms with Crippen molar-refractivity contribution in [1.29, 1.82) is 0 Å². The van der Waals surface area contributed by atoms with Crippen molar-refractivity contribution >= 4 is 27.1 Å². The molecule has 1 atom stereocenters. The molecule has 1 unspecified atom stereocenters. The maximum Gasteiger partial charge on any atom is 0.191 e. The van der Waals surface area contributed by atoms with Gasteiger partial charge in [-0.25, -0.2) is 8.42 Å². The number of aliphatic hydroxyl groups is 1. The summed E-state index contributed by atoms with van der Waals surface area (Å²) in [5, 5.41) is 17.6. The van der Waals surface area contributed by atoms with Gasteiger partial charge in [0.15, 0.2) is 15.8 Å². The smallest absolute Gasteiger partial charge is 0.191 e. The van der Waals surface area contributed by atoms with Gasteiger partial charge in [0.05, 0.1) is 25.0 Å². The maximum atomic E-state index is 12.0. The van der Waals surface area contributed by atoms with Gasteiger partial charge in [-0.15, -0.1) is 11.3 Å². The SMILES string of the molecule is CCNC(=NCC(O)CS(=O)(=O)c1cccs1)NCCOC. The minimum Gasteiger partial charge on any atom is -0.390 e. The van der Waals surface area contributed by atoms with Crippen LogP contribution in [0.1, 0.15) is 6.92 Å². The van der Waals surface area contributed by atoms with E-state index in [1.165, 1.54) is 6.07 Å². The molecule has 3 N–H and O–H groups in total. The first-order valence-electron chi connectivity index (χ1n) is 6.95. The highest BCUT2D eigenvalue weighted by atomic mass is 32.2. The number of sulfone groups is 1. The van der Waals surface area contributed by atoms with E-state index in [-0.39, 0.29) is 16.5 Å². The van der Waals surface area contributed by atoms with Gasteiger partial charge >= 0.3 is 0 Å². The molecule has 0 radical (unpaired) electrons. The summed E-state index contributed by atoms with van der Waals surface area (Å²) < 4.78 is 29.3. The molecule has 0 fully saturated rings. The predicted molar refractivity (Wildman–Crippen MR) is 88.2 cm³/mol. The Morgan fingerprint density at radius 1 is 1.50 bits per heavy atom. The topological polar surface area (TPSA) is 100 Å². The number of nitrogens with one attached hydrogen (secondary N) is 2. The van der Waals surface area contributed by atoms with E-state index >= 15 is 0 Å². The molecule has 0 aliphatic rings. The molecule has 0 saturated carbocycles. The summed E-state index contributed by atoms with van der Waals surface area (Å²) in [6.45, 7) is 3.70. The second-order valence-electron chi connectivity index (χ2n) is 4.51. The van der Waals surface area contributed by atoms with E-state index in [1.807, 2.05) is 6.92 Å². The first-order chi connectivity index (χ1) is 10.5. The van der Waals surface area contributed by atoms with Crippen molar-refractivity contribution < 1.29 is 18.3 Å². The van der Waals surface area contributed by atoms with Crippen LogP contribution in [0.3, 0.4) is 0 Å². The quantitative estimate of drug-likeness (QED) is 0.332. The fraction of sp³-hybridized carbons (Fsp3) is 0.615. The Labute approximate surface area is 135 Å². The number of rotatable bonds is 9. The van der Waals surface area contributed by atoms with Crippen LogP contribution in [0.15, 0.2) is 26.7 Å². The number of aliphatic imine (C=N–C) groups is 1. The zero-order chi connectivity index (χ0) is 16.4. The van der Waals surface area contributed by atoms with Crippen LogP contribution in [0.2, 0.25) is 0 Å². The van der Waals surface area contributed by atoms with Crippen molar-refractivity contribution in [3.05, 3.63) is 17.5 Å². The summed E-state index contributed by atoms with van der Waals surface area (Å²) in [5.74, 6) is 0.182. The summed E-state index contributed by atoms with van der Waals surface area (Å²) in [6.07, 6.45) is -1.05. The van der Waals surface area contributed by atoms with Gasteiger partial charge in [-0.1, -0.05) is 6.07 Å². The third-order valence-electron chi connectivity index (χ3n) is 2.62. The van der Waals surface area contributed by atoms with Crippen LogP contribution in [-0.2, 0) is 14.6 Å². The molecule has 1 aromatic rings. The molecule has 0 aliphatic carbocycles. The predicted octanol–water partition coefficient (Wildman–Crippen LogP) is 0.0842. The third-order valence-corrected chi connectivity index (χ3v) is 5.90. The number of thiophene rings is 1. The van der Waals surface area contributed by atoms with Gasteiger partial charge in [-0.3, -0.25) is 4.99 Å². The van der Waals surface area contributed by atoms with Crippen LogP contribution < -0.4 is 10.6 Å². The number of hydrogen-bond donors (Lipinski definition) is 3. The number of ether oxygens (including phenoxy) is 1. The van der Waals surface area contributed by atoms with Crippen molar-refractivity contribution in [1.82, 2.24) is 10.6 Å². The Kier molecular flexibility index (Phi) is 8.39. The fourth-order valence-corrected chi connectivity index (χ4v) is 4.11. The second kappa shape index (κ2) is 9.78. The number of guanidine groups is 1. The lowest BCUT2D eigenvalue weighted by atomic mass is 10.4. The van der Waals surface area contributed by atoms with Crippen LogP contribution in [0.4, 0.5) is 0 Å². The molecule has 0 aromatic carbocycles. The molecule has 7 nitrogen and oxygen atoms in total. The molecule has 0 amide bonds. The molecule has 0 bridgehead atoms. The van der Waals surface area contributed by atoms with Crippen molar-refractivity contribution in [2.24, 2.45) is 4.99 Å². The van der Waals surface area contributed by atoms with E-state index in [9.17, 15) is 13.5 Å². The zero-order valence-corrected chi connectivity index (χ0v) is 14.4. The lowest BCUT2D eigenvalue weighted by Gasteiger charge is -2.12. The maximum absolute atomic E-state index is 12.0. The molecule has 0 saturated heterocycles. The van der Waals surface area contributed by atoms with Crippen LogP contribution >= 0.6 is 11.3 Å². The average Bonchev–Trinajstić information content (AvgIpc) is 2.99. The normalized spacial score (nSPS) is 13.9. The summed E-state index contributed by atoms with van der Waals surface area (Å²) in [5.41, 5.74) is 0. The number of hydrogen-bond acceptors (Lipinski definition) is 6. The lowest BCUT2D eigenvalue weighted by Crippen LogP contribution is -2.39. The summed E-state index contributed by atoms with van der Waals surface area (Å²) in [7, 11) is -1.86. The molecule has 1 rings (SSSR count). The molecule has 0 spiro atoms. The van der Waals surface area contributed by atoms with Gasteiger partial charge in [-0.2, -0.15) is 0 Å². The first kappa shape index (κ1) is 18.9. The molecule has 22 heavy (non-hydrogen) atoms. The third kappa shape index (κ3) is 6.73. The fourth-order valence-electron chi connectivity index (χ4n) is 1.64. The molecule has 126 valence electrons. The minimum absolute atomic E-state index is 0.00687. The summed E-state index contributed by atoms with van der Waals surface area (Å²) in [6, 6.07) is 3.21. The van der Waals surface area contributed by atoms with E-state index in [4.69, 9.17) is 4.74 Å².